The van der Waals surface area contributed by atoms with Crippen molar-refractivity contribution in [3.63, 3.8) is 0 Å². The number of hydrogen-bond acceptors (Lipinski definition) is 5. The Labute approximate surface area is 143 Å². The van der Waals surface area contributed by atoms with E-state index in [0.29, 0.717) is 0 Å². The number of carbonyl (C=O) groups is 3. The van der Waals surface area contributed by atoms with Crippen molar-refractivity contribution in [3.8, 4) is 0 Å². The summed E-state index contributed by atoms with van der Waals surface area (Å²) in [5.41, 5.74) is 0. The van der Waals surface area contributed by atoms with Crippen LogP contribution in [0.15, 0.2) is 0 Å². The number of aliphatic hydroxyl groups is 2. The summed E-state index contributed by atoms with van der Waals surface area (Å²) in [6, 6.07) is 0. The van der Waals surface area contributed by atoms with Gasteiger partial charge in [-0.3, -0.25) is 14.4 Å². The lowest BCUT2D eigenvalue weighted by atomic mass is 9.85. The molecule has 0 amide bonds. The van der Waals surface area contributed by atoms with Gasteiger partial charge in [0.2, 0.25) is 0 Å². The van der Waals surface area contributed by atoms with Gasteiger partial charge in [-0.25, -0.2) is 8.78 Å². The highest BCUT2D eigenvalue weighted by atomic mass is 19.3. The van der Waals surface area contributed by atoms with E-state index in [1.54, 1.807) is 0 Å². The molecule has 0 spiro atoms. The Kier molecular flexibility index (Phi) is 7.88. The standard InChI is InChI=1S/C16H24F2O7/c17-16(18,7-1-2-14(22)23)13(21)5-3-9-10(4-6-15(24)25)12(20)8-11(9)19/h9-11,13,19,21H,1-8H2,(H,22,23)(H,24,25)/t9-,10-,11-,13?/m1/s1. The summed E-state index contributed by atoms with van der Waals surface area (Å²) in [6.07, 6.45) is -5.26. The van der Waals surface area contributed by atoms with Crippen LogP contribution in [0.3, 0.4) is 0 Å². The zero-order valence-corrected chi connectivity index (χ0v) is 13.7. The second-order valence-electron chi connectivity index (χ2n) is 6.54. The van der Waals surface area contributed by atoms with Gasteiger partial charge in [0.25, 0.3) is 5.92 Å². The maximum absolute atomic E-state index is 13.8. The number of hydrogen-bond donors (Lipinski definition) is 4. The first-order chi connectivity index (χ1) is 11.5. The molecule has 0 radical (unpaired) electrons. The highest BCUT2D eigenvalue weighted by Gasteiger charge is 2.43. The molecule has 1 rings (SSSR count). The molecule has 1 fully saturated rings. The smallest absolute Gasteiger partial charge is 0.303 e. The third kappa shape index (κ3) is 6.66. The number of aliphatic carboxylic acids is 2. The van der Waals surface area contributed by atoms with Crippen LogP contribution in [0.1, 0.15) is 51.4 Å². The number of Topliss-reactive ketones (excluding diaryl/α,β-unsaturated/α-hetero) is 1. The highest BCUT2D eigenvalue weighted by Crippen LogP contribution is 2.37. The molecule has 0 aromatic rings. The average molecular weight is 366 g/mol. The van der Waals surface area contributed by atoms with Gasteiger partial charge in [0.05, 0.1) is 6.10 Å². The van der Waals surface area contributed by atoms with Crippen LogP contribution in [-0.4, -0.2) is 56.3 Å². The number of rotatable bonds is 11. The van der Waals surface area contributed by atoms with E-state index in [-0.39, 0.29) is 44.3 Å². The lowest BCUT2D eigenvalue weighted by Crippen LogP contribution is -2.35. The number of alkyl halides is 2. The molecule has 7 nitrogen and oxygen atoms in total. The summed E-state index contributed by atoms with van der Waals surface area (Å²) in [7, 11) is 0. The lowest BCUT2D eigenvalue weighted by Gasteiger charge is -2.26. The van der Waals surface area contributed by atoms with E-state index in [4.69, 9.17) is 10.2 Å². The van der Waals surface area contributed by atoms with E-state index >= 15 is 0 Å². The summed E-state index contributed by atoms with van der Waals surface area (Å²) in [5, 5.41) is 36.8. The Morgan fingerprint density at radius 2 is 1.76 bits per heavy atom. The van der Waals surface area contributed by atoms with Gasteiger partial charge in [-0.1, -0.05) is 0 Å². The van der Waals surface area contributed by atoms with E-state index in [2.05, 4.69) is 0 Å². The second-order valence-corrected chi connectivity index (χ2v) is 6.54. The molecule has 144 valence electrons. The first-order valence-electron chi connectivity index (χ1n) is 8.25. The molecule has 0 aromatic heterocycles. The van der Waals surface area contributed by atoms with E-state index in [1.165, 1.54) is 0 Å². The predicted octanol–water partition coefficient (Wildman–Crippen LogP) is 1.45. The van der Waals surface area contributed by atoms with Crippen molar-refractivity contribution in [2.45, 2.75) is 69.5 Å². The molecule has 0 aliphatic heterocycles. The first kappa shape index (κ1) is 21.4. The first-order valence-corrected chi connectivity index (χ1v) is 8.25. The molecule has 9 heteroatoms. The van der Waals surface area contributed by atoms with Gasteiger partial charge in [-0.15, -0.1) is 0 Å². The Morgan fingerprint density at radius 1 is 1.16 bits per heavy atom. The predicted molar refractivity (Wildman–Crippen MR) is 81.2 cm³/mol. The summed E-state index contributed by atoms with van der Waals surface area (Å²) < 4.78 is 27.6. The summed E-state index contributed by atoms with van der Waals surface area (Å²) >= 11 is 0. The Morgan fingerprint density at radius 3 is 2.32 bits per heavy atom. The highest BCUT2D eigenvalue weighted by molar-refractivity contribution is 5.84. The molecule has 0 aromatic carbocycles. The fourth-order valence-electron chi connectivity index (χ4n) is 3.27. The van der Waals surface area contributed by atoms with Crippen LogP contribution < -0.4 is 0 Å². The van der Waals surface area contributed by atoms with Gasteiger partial charge >= 0.3 is 11.9 Å². The lowest BCUT2D eigenvalue weighted by molar-refractivity contribution is -0.139. The molecule has 1 aliphatic carbocycles. The van der Waals surface area contributed by atoms with Crippen molar-refractivity contribution in [1.29, 1.82) is 0 Å². The fourth-order valence-corrected chi connectivity index (χ4v) is 3.27. The molecule has 25 heavy (non-hydrogen) atoms. The van der Waals surface area contributed by atoms with Gasteiger partial charge < -0.3 is 20.4 Å². The molecule has 4 N–H and O–H groups in total. The maximum Gasteiger partial charge on any atom is 0.303 e. The quantitative estimate of drug-likeness (QED) is 0.435. The SMILES string of the molecule is O=C(O)CCCC(F)(F)C(O)CC[C@H]1[C@H](O)CC(=O)[C@@H]1CCC(=O)O. The molecule has 0 heterocycles. The van der Waals surface area contributed by atoms with Crippen molar-refractivity contribution in [1.82, 2.24) is 0 Å². The van der Waals surface area contributed by atoms with Crippen LogP contribution in [-0.2, 0) is 14.4 Å². The number of carboxylic acid groups (broad SMARTS) is 2. The molecular formula is C16H24F2O7. The monoisotopic (exact) mass is 366 g/mol. The molecule has 0 saturated heterocycles. The minimum atomic E-state index is -3.46. The van der Waals surface area contributed by atoms with E-state index in [9.17, 15) is 33.4 Å². The number of aliphatic hydroxyl groups excluding tert-OH is 2. The summed E-state index contributed by atoms with van der Waals surface area (Å²) in [4.78, 5) is 32.8. The Balaban J connectivity index is 2.56. The maximum atomic E-state index is 13.8. The number of carboxylic acids is 2. The van der Waals surface area contributed by atoms with Crippen LogP contribution in [0, 0.1) is 11.8 Å². The normalized spacial score (nSPS) is 25.1. The second kappa shape index (κ2) is 9.19. The average Bonchev–Trinajstić information content (AvgIpc) is 2.75. The van der Waals surface area contributed by atoms with Crippen LogP contribution in [0.2, 0.25) is 0 Å². The van der Waals surface area contributed by atoms with Crippen LogP contribution >= 0.6 is 0 Å². The molecule has 0 bridgehead atoms. The topological polar surface area (TPSA) is 132 Å². The zero-order valence-electron chi connectivity index (χ0n) is 13.7. The van der Waals surface area contributed by atoms with Gasteiger partial charge in [-0.05, 0) is 31.6 Å². The van der Waals surface area contributed by atoms with E-state index in [0.717, 1.165) is 0 Å². The number of ketones is 1. The van der Waals surface area contributed by atoms with Crippen LogP contribution in [0.25, 0.3) is 0 Å². The van der Waals surface area contributed by atoms with Crippen molar-refractivity contribution in [2.24, 2.45) is 11.8 Å². The molecule has 1 aliphatic rings. The fraction of sp³-hybridized carbons (Fsp3) is 0.812. The summed E-state index contributed by atoms with van der Waals surface area (Å²) in [5.74, 6) is -7.40. The Hall–Kier alpha value is -1.61. The zero-order chi connectivity index (χ0) is 19.2. The van der Waals surface area contributed by atoms with Gasteiger partial charge in [0, 0.05) is 31.6 Å². The molecular weight excluding hydrogens is 342 g/mol. The third-order valence-corrected chi connectivity index (χ3v) is 4.67. The molecule has 1 unspecified atom stereocenters. The third-order valence-electron chi connectivity index (χ3n) is 4.67. The van der Waals surface area contributed by atoms with Gasteiger partial charge in [0.15, 0.2) is 0 Å². The summed E-state index contributed by atoms with van der Waals surface area (Å²) in [6.45, 7) is 0. The number of carbonyl (C=O) groups excluding carboxylic acids is 1. The van der Waals surface area contributed by atoms with Gasteiger partial charge in [-0.2, -0.15) is 0 Å². The molecule has 4 atom stereocenters. The number of halogens is 2. The van der Waals surface area contributed by atoms with Crippen molar-refractivity contribution < 1.29 is 43.6 Å². The van der Waals surface area contributed by atoms with Crippen LogP contribution in [0.5, 0.6) is 0 Å². The van der Waals surface area contributed by atoms with E-state index in [1.807, 2.05) is 0 Å². The van der Waals surface area contributed by atoms with Crippen molar-refractivity contribution >= 4 is 17.7 Å². The minimum absolute atomic E-state index is 0.0288. The van der Waals surface area contributed by atoms with Gasteiger partial charge in [0.1, 0.15) is 11.9 Å². The molecule has 1 saturated carbocycles. The van der Waals surface area contributed by atoms with Crippen molar-refractivity contribution in [2.75, 3.05) is 0 Å². The Bertz CT molecular complexity index is 495. The van der Waals surface area contributed by atoms with E-state index < -0.39 is 54.7 Å². The minimum Gasteiger partial charge on any atom is -0.481 e. The van der Waals surface area contributed by atoms with Crippen molar-refractivity contribution in [3.05, 3.63) is 0 Å². The largest absolute Gasteiger partial charge is 0.481 e. The van der Waals surface area contributed by atoms with Crippen LogP contribution in [0.4, 0.5) is 8.78 Å².